The first-order chi connectivity index (χ1) is 7.75. The lowest BCUT2D eigenvalue weighted by Gasteiger charge is -2.25. The van der Waals surface area contributed by atoms with E-state index in [1.165, 1.54) is 10.9 Å². The molecule has 3 rings (SSSR count). The number of para-hydroxylation sites is 1. The molecular weight excluding hydrogens is 202 g/mol. The number of hydrogen-bond donors (Lipinski definition) is 2. The summed E-state index contributed by atoms with van der Waals surface area (Å²) in [6, 6.07) is 7.88. The summed E-state index contributed by atoms with van der Waals surface area (Å²) in [6.45, 7) is 1.31. The highest BCUT2D eigenvalue weighted by atomic mass is 16.2. The first-order valence-electron chi connectivity index (χ1n) is 5.38. The molecule has 1 aliphatic heterocycles. The molecule has 0 unspecified atom stereocenters. The highest BCUT2D eigenvalue weighted by Crippen LogP contribution is 2.26. The number of amides is 2. The molecule has 1 aromatic carbocycles. The van der Waals surface area contributed by atoms with E-state index in [-0.39, 0.29) is 6.03 Å². The number of nitrogens with one attached hydrogen (secondary N) is 1. The van der Waals surface area contributed by atoms with Crippen LogP contribution in [-0.2, 0) is 13.0 Å². The molecule has 0 atom stereocenters. The standard InChI is InChI=1S/C12H13N3O/c13-12(16)15-6-5-9-8-3-1-2-4-10(8)14-11(9)7-15/h1-4,14H,5-7H2,(H2,13,16). The molecule has 0 saturated carbocycles. The number of rotatable bonds is 0. The van der Waals surface area contributed by atoms with Crippen LogP contribution in [0.3, 0.4) is 0 Å². The van der Waals surface area contributed by atoms with Crippen molar-refractivity contribution in [1.29, 1.82) is 0 Å². The first kappa shape index (κ1) is 9.27. The molecule has 4 heteroatoms. The Morgan fingerprint density at radius 3 is 3.00 bits per heavy atom. The van der Waals surface area contributed by atoms with Crippen molar-refractivity contribution in [2.45, 2.75) is 13.0 Å². The van der Waals surface area contributed by atoms with Gasteiger partial charge in [-0.05, 0) is 18.1 Å². The number of nitrogens with zero attached hydrogens (tertiary/aromatic N) is 1. The molecular formula is C12H13N3O. The number of aromatic nitrogens is 1. The molecule has 0 spiro atoms. The Morgan fingerprint density at radius 1 is 1.38 bits per heavy atom. The predicted molar refractivity (Wildman–Crippen MR) is 62.0 cm³/mol. The smallest absolute Gasteiger partial charge is 0.315 e. The van der Waals surface area contributed by atoms with Gasteiger partial charge in [-0.1, -0.05) is 18.2 Å². The molecule has 2 amide bonds. The highest BCUT2D eigenvalue weighted by molar-refractivity contribution is 5.85. The summed E-state index contributed by atoms with van der Waals surface area (Å²) < 4.78 is 0. The van der Waals surface area contributed by atoms with Crippen LogP contribution in [0.5, 0.6) is 0 Å². The number of aromatic amines is 1. The number of carbonyl (C=O) groups excluding carboxylic acids is 1. The molecule has 0 fully saturated rings. The molecule has 3 N–H and O–H groups in total. The van der Waals surface area contributed by atoms with E-state index < -0.39 is 0 Å². The maximum Gasteiger partial charge on any atom is 0.315 e. The third-order valence-corrected chi connectivity index (χ3v) is 3.19. The minimum absolute atomic E-state index is 0.343. The fourth-order valence-electron chi connectivity index (χ4n) is 2.38. The van der Waals surface area contributed by atoms with E-state index in [4.69, 9.17) is 5.73 Å². The number of hydrogen-bond acceptors (Lipinski definition) is 1. The largest absolute Gasteiger partial charge is 0.357 e. The molecule has 1 aromatic heterocycles. The van der Waals surface area contributed by atoms with Crippen molar-refractivity contribution in [1.82, 2.24) is 9.88 Å². The Kier molecular flexibility index (Phi) is 1.89. The summed E-state index contributed by atoms with van der Waals surface area (Å²) in [4.78, 5) is 16.1. The molecule has 2 heterocycles. The minimum atomic E-state index is -0.343. The molecule has 2 aromatic rings. The topological polar surface area (TPSA) is 62.1 Å². The normalized spacial score (nSPS) is 15.1. The summed E-state index contributed by atoms with van der Waals surface area (Å²) in [5.74, 6) is 0. The number of carbonyl (C=O) groups is 1. The Labute approximate surface area is 93.0 Å². The zero-order valence-electron chi connectivity index (χ0n) is 8.86. The molecule has 16 heavy (non-hydrogen) atoms. The monoisotopic (exact) mass is 215 g/mol. The molecule has 0 bridgehead atoms. The third-order valence-electron chi connectivity index (χ3n) is 3.19. The van der Waals surface area contributed by atoms with Crippen LogP contribution in [0.15, 0.2) is 24.3 Å². The van der Waals surface area contributed by atoms with Crippen molar-refractivity contribution in [2.24, 2.45) is 5.73 Å². The molecule has 0 aliphatic carbocycles. The van der Waals surface area contributed by atoms with E-state index >= 15 is 0 Å². The molecule has 1 aliphatic rings. The van der Waals surface area contributed by atoms with E-state index in [2.05, 4.69) is 17.1 Å². The van der Waals surface area contributed by atoms with Gasteiger partial charge in [0, 0.05) is 23.1 Å². The lowest BCUT2D eigenvalue weighted by atomic mass is 10.0. The van der Waals surface area contributed by atoms with Crippen LogP contribution in [0.25, 0.3) is 10.9 Å². The molecule has 4 nitrogen and oxygen atoms in total. The molecule has 0 saturated heterocycles. The van der Waals surface area contributed by atoms with Crippen LogP contribution in [-0.4, -0.2) is 22.5 Å². The number of benzene rings is 1. The zero-order chi connectivity index (χ0) is 11.1. The van der Waals surface area contributed by atoms with Gasteiger partial charge in [0.25, 0.3) is 0 Å². The minimum Gasteiger partial charge on any atom is -0.357 e. The van der Waals surface area contributed by atoms with Crippen molar-refractivity contribution < 1.29 is 4.79 Å². The van der Waals surface area contributed by atoms with E-state index in [1.54, 1.807) is 4.90 Å². The summed E-state index contributed by atoms with van der Waals surface area (Å²) >= 11 is 0. The van der Waals surface area contributed by atoms with Crippen molar-refractivity contribution in [3.63, 3.8) is 0 Å². The van der Waals surface area contributed by atoms with E-state index in [9.17, 15) is 4.79 Å². The average Bonchev–Trinajstić information content (AvgIpc) is 2.66. The van der Waals surface area contributed by atoms with Crippen molar-refractivity contribution in [3.8, 4) is 0 Å². The fourth-order valence-corrected chi connectivity index (χ4v) is 2.38. The van der Waals surface area contributed by atoms with Gasteiger partial charge in [0.05, 0.1) is 6.54 Å². The van der Waals surface area contributed by atoms with Crippen molar-refractivity contribution in [3.05, 3.63) is 35.5 Å². The van der Waals surface area contributed by atoms with Gasteiger partial charge in [-0.3, -0.25) is 0 Å². The van der Waals surface area contributed by atoms with Crippen LogP contribution in [0.4, 0.5) is 4.79 Å². The molecule has 0 radical (unpaired) electrons. The SMILES string of the molecule is NC(=O)N1CCc2c([nH]c3ccccc23)C1. The summed E-state index contributed by atoms with van der Waals surface area (Å²) in [5.41, 5.74) is 8.87. The summed E-state index contributed by atoms with van der Waals surface area (Å²) in [6.07, 6.45) is 0.877. The van der Waals surface area contributed by atoms with Gasteiger partial charge in [-0.25, -0.2) is 4.79 Å². The van der Waals surface area contributed by atoms with Crippen LogP contribution in [0, 0.1) is 0 Å². The Bertz CT molecular complexity index is 558. The Morgan fingerprint density at radius 2 is 2.19 bits per heavy atom. The van der Waals surface area contributed by atoms with E-state index in [1.807, 2.05) is 12.1 Å². The van der Waals surface area contributed by atoms with E-state index in [0.29, 0.717) is 13.1 Å². The lowest BCUT2D eigenvalue weighted by Crippen LogP contribution is -2.39. The fraction of sp³-hybridized carbons (Fsp3) is 0.250. The van der Waals surface area contributed by atoms with E-state index in [0.717, 1.165) is 17.6 Å². The van der Waals surface area contributed by atoms with Gasteiger partial charge >= 0.3 is 6.03 Å². The average molecular weight is 215 g/mol. The van der Waals surface area contributed by atoms with Gasteiger partial charge in [-0.15, -0.1) is 0 Å². The number of primary amides is 1. The second-order valence-corrected chi connectivity index (χ2v) is 4.14. The van der Waals surface area contributed by atoms with Crippen LogP contribution >= 0.6 is 0 Å². The van der Waals surface area contributed by atoms with Gasteiger partial charge in [0.1, 0.15) is 0 Å². The summed E-state index contributed by atoms with van der Waals surface area (Å²) in [5, 5.41) is 1.27. The first-order valence-corrected chi connectivity index (χ1v) is 5.38. The Balaban J connectivity index is 2.09. The Hall–Kier alpha value is -1.97. The van der Waals surface area contributed by atoms with Crippen LogP contribution < -0.4 is 5.73 Å². The van der Waals surface area contributed by atoms with Gasteiger partial charge in [0.2, 0.25) is 0 Å². The number of urea groups is 1. The maximum atomic E-state index is 11.1. The summed E-state index contributed by atoms with van der Waals surface area (Å²) in [7, 11) is 0. The van der Waals surface area contributed by atoms with Gasteiger partial charge < -0.3 is 15.6 Å². The highest BCUT2D eigenvalue weighted by Gasteiger charge is 2.21. The van der Waals surface area contributed by atoms with Gasteiger partial charge in [-0.2, -0.15) is 0 Å². The predicted octanol–water partition coefficient (Wildman–Crippen LogP) is 1.60. The van der Waals surface area contributed by atoms with Crippen molar-refractivity contribution >= 4 is 16.9 Å². The third kappa shape index (κ3) is 1.26. The second kappa shape index (κ2) is 3.27. The number of H-pyrrole nitrogens is 1. The number of nitrogens with two attached hydrogens (primary N) is 1. The molecule has 82 valence electrons. The second-order valence-electron chi connectivity index (χ2n) is 4.14. The zero-order valence-corrected chi connectivity index (χ0v) is 8.86. The van der Waals surface area contributed by atoms with Crippen LogP contribution in [0.1, 0.15) is 11.3 Å². The van der Waals surface area contributed by atoms with Crippen LogP contribution in [0.2, 0.25) is 0 Å². The number of fused-ring (bicyclic) bond motifs is 3. The maximum absolute atomic E-state index is 11.1. The quantitative estimate of drug-likeness (QED) is 0.689. The van der Waals surface area contributed by atoms with Gasteiger partial charge in [0.15, 0.2) is 0 Å². The van der Waals surface area contributed by atoms with Crippen molar-refractivity contribution in [2.75, 3.05) is 6.54 Å². The lowest BCUT2D eigenvalue weighted by molar-refractivity contribution is 0.201.